The van der Waals surface area contributed by atoms with Crippen LogP contribution in [-0.4, -0.2) is 29.1 Å². The monoisotopic (exact) mass is 265 g/mol. The van der Waals surface area contributed by atoms with E-state index in [9.17, 15) is 9.59 Å². The molecule has 5 nitrogen and oxygen atoms in total. The van der Waals surface area contributed by atoms with Gasteiger partial charge < -0.3 is 15.2 Å². The summed E-state index contributed by atoms with van der Waals surface area (Å²) < 4.78 is 5.46. The Morgan fingerprint density at radius 3 is 2.26 bits per heavy atom. The number of ether oxygens (including phenoxy) is 1. The third-order valence-electron chi connectivity index (χ3n) is 2.50. The minimum atomic E-state index is -1.03. The second kappa shape index (κ2) is 6.78. The summed E-state index contributed by atoms with van der Waals surface area (Å²) in [6, 6.07) is 5.75. The van der Waals surface area contributed by atoms with Gasteiger partial charge in [-0.3, -0.25) is 4.79 Å². The number of carboxylic acids is 1. The number of nitrogens with one attached hydrogen (secondary N) is 1. The van der Waals surface area contributed by atoms with Crippen molar-refractivity contribution in [1.29, 1.82) is 0 Å². The van der Waals surface area contributed by atoms with Gasteiger partial charge in [-0.15, -0.1) is 0 Å². The van der Waals surface area contributed by atoms with Gasteiger partial charge in [-0.2, -0.15) is 0 Å². The summed E-state index contributed by atoms with van der Waals surface area (Å²) in [6.07, 6.45) is 0.409. The molecule has 0 bridgehead atoms. The lowest BCUT2D eigenvalue weighted by molar-refractivity contribution is -0.139. The number of hydrogen-bond acceptors (Lipinski definition) is 3. The van der Waals surface area contributed by atoms with Crippen molar-refractivity contribution in [3.63, 3.8) is 0 Å². The van der Waals surface area contributed by atoms with E-state index in [4.69, 9.17) is 9.84 Å². The first-order valence-electron chi connectivity index (χ1n) is 6.24. The summed E-state index contributed by atoms with van der Waals surface area (Å²) in [5, 5.41) is 11.3. The molecule has 1 amide bonds. The second-order valence-corrected chi connectivity index (χ2v) is 4.46. The van der Waals surface area contributed by atoms with Crippen LogP contribution in [0.15, 0.2) is 24.3 Å². The molecule has 104 valence electrons. The van der Waals surface area contributed by atoms with Gasteiger partial charge in [-0.25, -0.2) is 4.79 Å². The first kappa shape index (κ1) is 15.0. The summed E-state index contributed by atoms with van der Waals surface area (Å²) in [5.74, 6) is -0.752. The molecule has 0 heterocycles. The van der Waals surface area contributed by atoms with Crippen molar-refractivity contribution >= 4 is 11.9 Å². The maximum Gasteiger partial charge on any atom is 0.326 e. The maximum absolute atomic E-state index is 11.8. The van der Waals surface area contributed by atoms with Crippen LogP contribution in [0.25, 0.3) is 0 Å². The predicted octanol–water partition coefficient (Wildman–Crippen LogP) is 2.07. The van der Waals surface area contributed by atoms with E-state index in [1.165, 1.54) is 0 Å². The SMILES string of the molecule is CCC(NC(=O)c1ccc(OC(C)C)cc1)C(=O)O. The number of carbonyl (C=O) groups excluding carboxylic acids is 1. The molecule has 1 aromatic rings. The first-order valence-corrected chi connectivity index (χ1v) is 6.24. The Bertz CT molecular complexity index is 439. The molecule has 2 N–H and O–H groups in total. The lowest BCUT2D eigenvalue weighted by atomic mass is 10.1. The van der Waals surface area contributed by atoms with Crippen LogP contribution in [0.3, 0.4) is 0 Å². The Morgan fingerprint density at radius 2 is 1.84 bits per heavy atom. The van der Waals surface area contributed by atoms with Crippen molar-refractivity contribution < 1.29 is 19.4 Å². The summed E-state index contributed by atoms with van der Waals surface area (Å²) in [5.41, 5.74) is 0.413. The smallest absolute Gasteiger partial charge is 0.326 e. The summed E-state index contributed by atoms with van der Waals surface area (Å²) in [7, 11) is 0. The van der Waals surface area contributed by atoms with Gasteiger partial charge in [-0.1, -0.05) is 6.92 Å². The van der Waals surface area contributed by atoms with Gasteiger partial charge in [-0.05, 0) is 44.5 Å². The van der Waals surface area contributed by atoms with Crippen LogP contribution < -0.4 is 10.1 Å². The molecule has 0 spiro atoms. The average Bonchev–Trinajstić information content (AvgIpc) is 2.35. The largest absolute Gasteiger partial charge is 0.491 e. The molecule has 1 aromatic carbocycles. The van der Waals surface area contributed by atoms with Crippen LogP contribution in [0.5, 0.6) is 5.75 Å². The Morgan fingerprint density at radius 1 is 1.26 bits per heavy atom. The van der Waals surface area contributed by atoms with Crippen molar-refractivity contribution in [3.8, 4) is 5.75 Å². The van der Waals surface area contributed by atoms with Gasteiger partial charge in [0.15, 0.2) is 0 Å². The highest BCUT2D eigenvalue weighted by molar-refractivity contribution is 5.96. The molecular weight excluding hydrogens is 246 g/mol. The van der Waals surface area contributed by atoms with Gasteiger partial charge in [0.25, 0.3) is 5.91 Å². The van der Waals surface area contributed by atoms with E-state index in [2.05, 4.69) is 5.32 Å². The highest BCUT2D eigenvalue weighted by atomic mass is 16.5. The molecule has 0 fully saturated rings. The fourth-order valence-electron chi connectivity index (χ4n) is 1.54. The number of carbonyl (C=O) groups is 2. The molecule has 1 rings (SSSR count). The van der Waals surface area contributed by atoms with E-state index in [-0.39, 0.29) is 6.10 Å². The minimum absolute atomic E-state index is 0.0659. The zero-order valence-electron chi connectivity index (χ0n) is 11.3. The molecule has 0 radical (unpaired) electrons. The molecular formula is C14H19NO4. The summed E-state index contributed by atoms with van der Waals surface area (Å²) >= 11 is 0. The Kier molecular flexibility index (Phi) is 5.36. The minimum Gasteiger partial charge on any atom is -0.491 e. The van der Waals surface area contributed by atoms with E-state index in [0.717, 1.165) is 0 Å². The van der Waals surface area contributed by atoms with Crippen molar-refractivity contribution in [2.24, 2.45) is 0 Å². The fraction of sp³-hybridized carbons (Fsp3) is 0.429. The van der Waals surface area contributed by atoms with Crippen molar-refractivity contribution in [2.75, 3.05) is 0 Å². The van der Waals surface area contributed by atoms with Crippen LogP contribution in [0.4, 0.5) is 0 Å². The summed E-state index contributed by atoms with van der Waals surface area (Å²) in [6.45, 7) is 5.54. The van der Waals surface area contributed by atoms with Crippen LogP contribution in [0.2, 0.25) is 0 Å². The van der Waals surface area contributed by atoms with Gasteiger partial charge in [0.2, 0.25) is 0 Å². The zero-order chi connectivity index (χ0) is 14.4. The molecule has 0 saturated carbocycles. The Balaban J connectivity index is 2.70. The number of hydrogen-bond donors (Lipinski definition) is 2. The van der Waals surface area contributed by atoms with E-state index in [1.807, 2.05) is 13.8 Å². The second-order valence-electron chi connectivity index (χ2n) is 4.46. The number of aliphatic carboxylic acids is 1. The van der Waals surface area contributed by atoms with Gasteiger partial charge >= 0.3 is 5.97 Å². The fourth-order valence-corrected chi connectivity index (χ4v) is 1.54. The number of amides is 1. The molecule has 0 aliphatic rings. The van der Waals surface area contributed by atoms with Crippen LogP contribution in [0, 0.1) is 0 Å². The van der Waals surface area contributed by atoms with Crippen LogP contribution in [-0.2, 0) is 4.79 Å². The normalized spacial score (nSPS) is 12.0. The molecule has 1 atom stereocenters. The molecule has 19 heavy (non-hydrogen) atoms. The van der Waals surface area contributed by atoms with Crippen molar-refractivity contribution in [3.05, 3.63) is 29.8 Å². The lowest BCUT2D eigenvalue weighted by Gasteiger charge is -2.13. The highest BCUT2D eigenvalue weighted by Crippen LogP contribution is 2.14. The highest BCUT2D eigenvalue weighted by Gasteiger charge is 2.18. The Labute approximate surface area is 112 Å². The van der Waals surface area contributed by atoms with E-state index >= 15 is 0 Å². The third-order valence-corrected chi connectivity index (χ3v) is 2.50. The first-order chi connectivity index (χ1) is 8.93. The molecule has 5 heteroatoms. The molecule has 0 saturated heterocycles. The van der Waals surface area contributed by atoms with Gasteiger partial charge in [0.05, 0.1) is 6.10 Å². The number of carboxylic acid groups (broad SMARTS) is 1. The van der Waals surface area contributed by atoms with E-state index in [1.54, 1.807) is 31.2 Å². The topological polar surface area (TPSA) is 75.6 Å². The molecule has 0 aromatic heterocycles. The Hall–Kier alpha value is -2.04. The standard InChI is InChI=1S/C14H19NO4/c1-4-12(14(17)18)15-13(16)10-5-7-11(8-6-10)19-9(2)3/h5-9,12H,4H2,1-3H3,(H,15,16)(H,17,18). The number of benzene rings is 1. The molecule has 0 aliphatic carbocycles. The lowest BCUT2D eigenvalue weighted by Crippen LogP contribution is -2.40. The average molecular weight is 265 g/mol. The predicted molar refractivity (Wildman–Crippen MR) is 71.4 cm³/mol. The van der Waals surface area contributed by atoms with Gasteiger partial charge in [0.1, 0.15) is 11.8 Å². The molecule has 0 aliphatic heterocycles. The third kappa shape index (κ3) is 4.62. The maximum atomic E-state index is 11.8. The van der Waals surface area contributed by atoms with Crippen LogP contribution in [0.1, 0.15) is 37.6 Å². The number of rotatable bonds is 6. The zero-order valence-corrected chi connectivity index (χ0v) is 11.3. The van der Waals surface area contributed by atoms with Crippen LogP contribution >= 0.6 is 0 Å². The van der Waals surface area contributed by atoms with Crippen molar-refractivity contribution in [2.45, 2.75) is 39.3 Å². The van der Waals surface area contributed by atoms with Gasteiger partial charge in [0, 0.05) is 5.56 Å². The quantitative estimate of drug-likeness (QED) is 0.825. The molecule has 1 unspecified atom stereocenters. The van der Waals surface area contributed by atoms with Crippen molar-refractivity contribution in [1.82, 2.24) is 5.32 Å². The van der Waals surface area contributed by atoms with E-state index in [0.29, 0.717) is 17.7 Å². The van der Waals surface area contributed by atoms with E-state index < -0.39 is 17.9 Å². The summed E-state index contributed by atoms with van der Waals surface area (Å²) in [4.78, 5) is 22.7.